The summed E-state index contributed by atoms with van der Waals surface area (Å²) >= 11 is 4.81. The number of aromatic nitrogens is 1. The summed E-state index contributed by atoms with van der Waals surface area (Å²) in [4.78, 5) is 18.4. The van der Waals surface area contributed by atoms with Crippen LogP contribution >= 0.6 is 34.4 Å². The third kappa shape index (κ3) is 3.33. The van der Waals surface area contributed by atoms with Crippen LogP contribution in [-0.2, 0) is 0 Å². The van der Waals surface area contributed by atoms with Crippen molar-refractivity contribution in [3.05, 3.63) is 65.5 Å². The normalized spacial score (nSPS) is 10.9. The molecule has 0 spiro atoms. The molecule has 0 bridgehead atoms. The molecule has 1 amide bonds. The van der Waals surface area contributed by atoms with Gasteiger partial charge in [0, 0.05) is 16.0 Å². The number of thioether (sulfide) groups is 1. The molecule has 0 saturated carbocycles. The number of rotatable bonds is 4. The molecule has 0 unspecified atom stereocenters. The number of anilines is 1. The molecule has 2 heterocycles. The van der Waals surface area contributed by atoms with Gasteiger partial charge in [-0.3, -0.25) is 4.79 Å². The Morgan fingerprint density at radius 3 is 2.64 bits per heavy atom. The Balaban J connectivity index is 1.61. The van der Waals surface area contributed by atoms with Gasteiger partial charge >= 0.3 is 0 Å². The van der Waals surface area contributed by atoms with Crippen molar-refractivity contribution in [3.8, 4) is 10.6 Å². The number of nitrogens with zero attached hydrogens (tertiary/aromatic N) is 1. The van der Waals surface area contributed by atoms with Crippen molar-refractivity contribution < 1.29 is 4.79 Å². The summed E-state index contributed by atoms with van der Waals surface area (Å²) < 4.78 is 1.15. The van der Waals surface area contributed by atoms with Crippen LogP contribution in [0.4, 0.5) is 5.00 Å². The van der Waals surface area contributed by atoms with Crippen LogP contribution in [0.25, 0.3) is 20.8 Å². The second-order valence-electron chi connectivity index (χ2n) is 5.33. The fraction of sp³-hybridized carbons (Fsp3) is 0.0526. The van der Waals surface area contributed by atoms with E-state index in [0.717, 1.165) is 30.7 Å². The molecule has 6 heteroatoms. The highest BCUT2D eigenvalue weighted by Gasteiger charge is 2.15. The molecule has 1 N–H and O–H groups in total. The van der Waals surface area contributed by atoms with Crippen molar-refractivity contribution in [2.75, 3.05) is 11.6 Å². The van der Waals surface area contributed by atoms with Crippen molar-refractivity contribution in [1.82, 2.24) is 4.98 Å². The van der Waals surface area contributed by atoms with Crippen molar-refractivity contribution in [3.63, 3.8) is 0 Å². The molecule has 2 aromatic carbocycles. The zero-order chi connectivity index (χ0) is 17.2. The quantitative estimate of drug-likeness (QED) is 0.440. The minimum Gasteiger partial charge on any atom is -0.313 e. The number of thiophene rings is 1. The second-order valence-corrected chi connectivity index (χ2v) is 8.16. The van der Waals surface area contributed by atoms with Gasteiger partial charge in [0.25, 0.3) is 5.91 Å². The van der Waals surface area contributed by atoms with Crippen LogP contribution in [0.5, 0.6) is 0 Å². The lowest BCUT2D eigenvalue weighted by Crippen LogP contribution is -2.11. The Hall–Kier alpha value is -2.15. The lowest BCUT2D eigenvalue weighted by atomic mass is 10.2. The first-order valence-electron chi connectivity index (χ1n) is 7.63. The van der Waals surface area contributed by atoms with E-state index in [1.54, 1.807) is 23.1 Å². The molecular formula is C19H14N2OS3. The van der Waals surface area contributed by atoms with Gasteiger partial charge in [0.05, 0.1) is 10.2 Å². The van der Waals surface area contributed by atoms with Gasteiger partial charge in [0.1, 0.15) is 10.0 Å². The minimum atomic E-state index is -0.0996. The number of benzene rings is 2. The van der Waals surface area contributed by atoms with E-state index in [-0.39, 0.29) is 5.91 Å². The molecule has 0 fully saturated rings. The van der Waals surface area contributed by atoms with Gasteiger partial charge in [-0.05, 0) is 54.1 Å². The summed E-state index contributed by atoms with van der Waals surface area (Å²) in [5, 5.41) is 6.76. The van der Waals surface area contributed by atoms with E-state index >= 15 is 0 Å². The van der Waals surface area contributed by atoms with E-state index in [9.17, 15) is 4.79 Å². The molecule has 0 radical (unpaired) electrons. The number of fused-ring (bicyclic) bond motifs is 1. The number of hydrogen-bond donors (Lipinski definition) is 1. The average Bonchev–Trinajstić information content (AvgIpc) is 3.27. The smallest absolute Gasteiger partial charge is 0.256 e. The Bertz CT molecular complexity index is 1000. The number of carbonyl (C=O) groups is 1. The van der Waals surface area contributed by atoms with Crippen LogP contribution < -0.4 is 5.32 Å². The average molecular weight is 383 g/mol. The van der Waals surface area contributed by atoms with E-state index in [2.05, 4.69) is 16.4 Å². The molecule has 0 aliphatic carbocycles. The third-order valence-electron chi connectivity index (χ3n) is 3.77. The Morgan fingerprint density at radius 1 is 1.08 bits per heavy atom. The zero-order valence-electron chi connectivity index (χ0n) is 13.4. The SMILES string of the molecule is CSc1ccc(C(=O)Nc2sccc2-c2nc3ccccc3s2)cc1. The molecule has 124 valence electrons. The zero-order valence-corrected chi connectivity index (χ0v) is 15.8. The number of hydrogen-bond acceptors (Lipinski definition) is 5. The molecule has 0 saturated heterocycles. The van der Waals surface area contributed by atoms with Crippen molar-refractivity contribution in [1.29, 1.82) is 0 Å². The van der Waals surface area contributed by atoms with E-state index in [4.69, 9.17) is 0 Å². The number of para-hydroxylation sites is 1. The van der Waals surface area contributed by atoms with Gasteiger partial charge in [0.2, 0.25) is 0 Å². The second kappa shape index (κ2) is 7.00. The summed E-state index contributed by atoms with van der Waals surface area (Å²) in [6.07, 6.45) is 2.02. The number of nitrogens with one attached hydrogen (secondary N) is 1. The maximum Gasteiger partial charge on any atom is 0.256 e. The summed E-state index contributed by atoms with van der Waals surface area (Å²) in [7, 11) is 0. The molecule has 0 aliphatic rings. The van der Waals surface area contributed by atoms with Crippen LogP contribution in [0.1, 0.15) is 10.4 Å². The molecule has 3 nitrogen and oxygen atoms in total. The molecular weight excluding hydrogens is 368 g/mol. The van der Waals surface area contributed by atoms with E-state index in [1.807, 2.05) is 60.2 Å². The van der Waals surface area contributed by atoms with Gasteiger partial charge in [-0.15, -0.1) is 34.4 Å². The van der Waals surface area contributed by atoms with Gasteiger partial charge < -0.3 is 5.32 Å². The summed E-state index contributed by atoms with van der Waals surface area (Å²) in [5.41, 5.74) is 2.61. The number of thiazole rings is 1. The highest BCUT2D eigenvalue weighted by Crippen LogP contribution is 2.37. The summed E-state index contributed by atoms with van der Waals surface area (Å²) in [6, 6.07) is 17.7. The molecule has 25 heavy (non-hydrogen) atoms. The predicted molar refractivity (Wildman–Crippen MR) is 109 cm³/mol. The van der Waals surface area contributed by atoms with Crippen molar-refractivity contribution in [2.45, 2.75) is 4.90 Å². The van der Waals surface area contributed by atoms with Gasteiger partial charge in [0.15, 0.2) is 0 Å². The Labute approximate surface area is 157 Å². The van der Waals surface area contributed by atoms with E-state index in [1.165, 1.54) is 11.3 Å². The highest BCUT2D eigenvalue weighted by atomic mass is 32.2. The maximum absolute atomic E-state index is 12.5. The largest absolute Gasteiger partial charge is 0.313 e. The van der Waals surface area contributed by atoms with Crippen LogP contribution in [0.15, 0.2) is 64.9 Å². The van der Waals surface area contributed by atoms with Gasteiger partial charge in [-0.25, -0.2) is 4.98 Å². The number of amides is 1. The maximum atomic E-state index is 12.5. The lowest BCUT2D eigenvalue weighted by Gasteiger charge is -2.05. The first-order chi connectivity index (χ1) is 12.2. The standard InChI is InChI=1S/C19H14N2OS3/c1-23-13-8-6-12(7-9-13)17(22)21-18-14(10-11-24-18)19-20-15-4-2-3-5-16(15)25-19/h2-11H,1H3,(H,21,22). The first kappa shape index (κ1) is 16.3. The Morgan fingerprint density at radius 2 is 1.88 bits per heavy atom. The van der Waals surface area contributed by atoms with Gasteiger partial charge in [-0.2, -0.15) is 0 Å². The van der Waals surface area contributed by atoms with Crippen molar-refractivity contribution >= 4 is 55.6 Å². The van der Waals surface area contributed by atoms with Gasteiger partial charge in [-0.1, -0.05) is 12.1 Å². The molecule has 0 aliphatic heterocycles. The minimum absolute atomic E-state index is 0.0996. The van der Waals surface area contributed by atoms with Crippen LogP contribution in [-0.4, -0.2) is 17.1 Å². The number of carbonyl (C=O) groups excluding carboxylic acids is 1. The van der Waals surface area contributed by atoms with E-state index < -0.39 is 0 Å². The van der Waals surface area contributed by atoms with Crippen LogP contribution in [0.3, 0.4) is 0 Å². The van der Waals surface area contributed by atoms with E-state index in [0.29, 0.717) is 5.56 Å². The molecule has 2 aromatic heterocycles. The molecule has 4 aromatic rings. The predicted octanol–water partition coefficient (Wildman–Crippen LogP) is 6.00. The van der Waals surface area contributed by atoms with Crippen LogP contribution in [0, 0.1) is 0 Å². The monoisotopic (exact) mass is 382 g/mol. The fourth-order valence-corrected chi connectivity index (χ4v) is 4.73. The third-order valence-corrected chi connectivity index (χ3v) is 6.41. The topological polar surface area (TPSA) is 42.0 Å². The Kier molecular flexibility index (Phi) is 4.57. The molecule has 4 rings (SSSR count). The summed E-state index contributed by atoms with van der Waals surface area (Å²) in [5.74, 6) is -0.0996. The summed E-state index contributed by atoms with van der Waals surface area (Å²) in [6.45, 7) is 0. The first-order valence-corrected chi connectivity index (χ1v) is 10.6. The lowest BCUT2D eigenvalue weighted by molar-refractivity contribution is 0.102. The highest BCUT2D eigenvalue weighted by molar-refractivity contribution is 7.98. The molecule has 0 atom stereocenters. The van der Waals surface area contributed by atoms with Crippen molar-refractivity contribution in [2.24, 2.45) is 0 Å². The fourth-order valence-electron chi connectivity index (χ4n) is 2.48. The van der Waals surface area contributed by atoms with Crippen LogP contribution in [0.2, 0.25) is 0 Å².